The van der Waals surface area contributed by atoms with Gasteiger partial charge in [-0.15, -0.1) is 11.3 Å². The number of thiazole rings is 1. The summed E-state index contributed by atoms with van der Waals surface area (Å²) in [6.45, 7) is 1.40. The van der Waals surface area contributed by atoms with Crippen LogP contribution in [0.4, 0.5) is 0 Å². The van der Waals surface area contributed by atoms with Crippen LogP contribution in [-0.2, 0) is 13.0 Å². The molecule has 0 aliphatic carbocycles. The molecular weight excluding hydrogens is 370 g/mol. The number of benzene rings is 2. The van der Waals surface area contributed by atoms with Crippen molar-refractivity contribution >= 4 is 22.2 Å². The molecule has 0 fully saturated rings. The summed E-state index contributed by atoms with van der Waals surface area (Å²) in [4.78, 5) is 20.6. The lowest BCUT2D eigenvalue weighted by molar-refractivity contribution is 0.0728. The second-order valence-corrected chi connectivity index (χ2v) is 7.71. The second-order valence-electron chi connectivity index (χ2n) is 6.87. The molecule has 0 unspecified atom stereocenters. The number of hydrogen-bond donors (Lipinski definition) is 0. The summed E-state index contributed by atoms with van der Waals surface area (Å²) in [6, 6.07) is 16.1. The molecule has 6 heteroatoms. The van der Waals surface area contributed by atoms with E-state index in [2.05, 4.69) is 18.2 Å². The van der Waals surface area contributed by atoms with E-state index in [-0.39, 0.29) is 5.91 Å². The van der Waals surface area contributed by atoms with Gasteiger partial charge in [-0.3, -0.25) is 9.20 Å². The zero-order valence-corrected chi connectivity index (χ0v) is 16.3. The van der Waals surface area contributed by atoms with Crippen LogP contribution in [0.3, 0.4) is 0 Å². The van der Waals surface area contributed by atoms with E-state index in [1.165, 1.54) is 22.5 Å². The molecule has 0 radical (unpaired) electrons. The lowest BCUT2D eigenvalue weighted by Crippen LogP contribution is -2.36. The molecule has 28 heavy (non-hydrogen) atoms. The predicted molar refractivity (Wildman–Crippen MR) is 110 cm³/mol. The van der Waals surface area contributed by atoms with Gasteiger partial charge in [0.15, 0.2) is 4.96 Å². The Morgan fingerprint density at radius 3 is 2.68 bits per heavy atom. The summed E-state index contributed by atoms with van der Waals surface area (Å²) < 4.78 is 7.13. The van der Waals surface area contributed by atoms with Crippen LogP contribution < -0.4 is 4.74 Å². The number of imidazole rings is 1. The monoisotopic (exact) mass is 389 g/mol. The summed E-state index contributed by atoms with van der Waals surface area (Å²) in [6.07, 6.45) is 2.84. The van der Waals surface area contributed by atoms with Gasteiger partial charge in [0.1, 0.15) is 11.4 Å². The largest absolute Gasteiger partial charge is 0.497 e. The number of rotatable bonds is 3. The summed E-state index contributed by atoms with van der Waals surface area (Å²) >= 11 is 1.49. The van der Waals surface area contributed by atoms with Gasteiger partial charge < -0.3 is 9.64 Å². The Hall–Kier alpha value is -3.12. The maximum atomic E-state index is 13.2. The molecule has 0 saturated heterocycles. The first-order valence-corrected chi connectivity index (χ1v) is 10.1. The fourth-order valence-corrected chi connectivity index (χ4v) is 4.52. The minimum absolute atomic E-state index is 0.0550. The smallest absolute Gasteiger partial charge is 0.272 e. The number of fused-ring (bicyclic) bond motifs is 2. The van der Waals surface area contributed by atoms with E-state index in [9.17, 15) is 4.79 Å². The molecule has 0 N–H and O–H groups in total. The van der Waals surface area contributed by atoms with Gasteiger partial charge in [0, 0.05) is 30.2 Å². The van der Waals surface area contributed by atoms with Crippen LogP contribution in [0.25, 0.3) is 16.2 Å². The highest BCUT2D eigenvalue weighted by atomic mass is 32.1. The van der Waals surface area contributed by atoms with Crippen molar-refractivity contribution in [1.82, 2.24) is 14.3 Å². The minimum atomic E-state index is 0.0550. The van der Waals surface area contributed by atoms with Crippen molar-refractivity contribution in [2.75, 3.05) is 13.7 Å². The molecule has 5 nitrogen and oxygen atoms in total. The molecule has 2 aromatic carbocycles. The number of carbonyl (C=O) groups excluding carboxylic acids is 1. The highest BCUT2D eigenvalue weighted by molar-refractivity contribution is 7.15. The van der Waals surface area contributed by atoms with Crippen molar-refractivity contribution in [2.45, 2.75) is 13.0 Å². The Balaban J connectivity index is 1.44. The molecule has 0 saturated carbocycles. The molecule has 0 spiro atoms. The topological polar surface area (TPSA) is 46.8 Å². The third-order valence-electron chi connectivity index (χ3n) is 5.23. The normalized spacial score (nSPS) is 13.5. The third kappa shape index (κ3) is 2.86. The van der Waals surface area contributed by atoms with E-state index in [0.717, 1.165) is 34.9 Å². The van der Waals surface area contributed by atoms with E-state index in [0.29, 0.717) is 12.2 Å². The first kappa shape index (κ1) is 17.0. The Morgan fingerprint density at radius 2 is 1.89 bits per heavy atom. The average molecular weight is 389 g/mol. The molecule has 5 rings (SSSR count). The van der Waals surface area contributed by atoms with Gasteiger partial charge in [-0.1, -0.05) is 24.3 Å². The van der Waals surface area contributed by atoms with Crippen LogP contribution in [0.2, 0.25) is 0 Å². The SMILES string of the molecule is COc1ccc(-c2cn3c(C(=O)N4CCc5ccccc5C4)csc3n2)cc1. The van der Waals surface area contributed by atoms with Crippen molar-refractivity contribution in [3.8, 4) is 17.0 Å². The number of carbonyl (C=O) groups is 1. The van der Waals surface area contributed by atoms with Gasteiger partial charge in [0.25, 0.3) is 5.91 Å². The second kappa shape index (κ2) is 6.80. The summed E-state index contributed by atoms with van der Waals surface area (Å²) in [5.74, 6) is 0.866. The fourth-order valence-electron chi connectivity index (χ4n) is 3.67. The van der Waals surface area contributed by atoms with Crippen molar-refractivity contribution in [2.24, 2.45) is 0 Å². The molecular formula is C22H19N3O2S. The molecule has 3 heterocycles. The molecule has 0 atom stereocenters. The Bertz CT molecular complexity index is 1160. The lowest BCUT2D eigenvalue weighted by atomic mass is 10.00. The van der Waals surface area contributed by atoms with Gasteiger partial charge in [0.05, 0.1) is 12.8 Å². The standard InChI is InChI=1S/C22H19N3O2S/c1-27-18-8-6-16(7-9-18)19-13-25-20(14-28-22(25)23-19)21(26)24-11-10-15-4-2-3-5-17(15)12-24/h2-9,13-14H,10-12H2,1H3. The Morgan fingerprint density at radius 1 is 1.11 bits per heavy atom. The first-order valence-electron chi connectivity index (χ1n) is 9.20. The number of ether oxygens (including phenoxy) is 1. The summed E-state index contributed by atoms with van der Waals surface area (Å²) in [7, 11) is 1.65. The number of nitrogens with zero attached hydrogens (tertiary/aromatic N) is 3. The number of amides is 1. The quantitative estimate of drug-likeness (QED) is 0.526. The fraction of sp³-hybridized carbons (Fsp3) is 0.182. The molecule has 2 aromatic heterocycles. The van der Waals surface area contributed by atoms with Crippen LogP contribution in [0.5, 0.6) is 5.75 Å². The highest BCUT2D eigenvalue weighted by Crippen LogP contribution is 2.27. The van der Waals surface area contributed by atoms with Gasteiger partial charge >= 0.3 is 0 Å². The summed E-state index contributed by atoms with van der Waals surface area (Å²) in [5, 5.41) is 1.91. The number of aromatic nitrogens is 2. The number of hydrogen-bond acceptors (Lipinski definition) is 4. The zero-order valence-electron chi connectivity index (χ0n) is 15.5. The van der Waals surface area contributed by atoms with Gasteiger partial charge in [-0.25, -0.2) is 4.98 Å². The van der Waals surface area contributed by atoms with Gasteiger partial charge in [-0.2, -0.15) is 0 Å². The van der Waals surface area contributed by atoms with Crippen molar-refractivity contribution in [3.05, 3.63) is 76.9 Å². The Labute approximate surface area is 166 Å². The van der Waals surface area contributed by atoms with Gasteiger partial charge in [-0.05, 0) is 41.8 Å². The molecule has 0 bridgehead atoms. The Kier molecular flexibility index (Phi) is 4.13. The summed E-state index contributed by atoms with van der Waals surface area (Å²) in [5.41, 5.74) is 5.10. The van der Waals surface area contributed by atoms with Crippen molar-refractivity contribution < 1.29 is 9.53 Å². The lowest BCUT2D eigenvalue weighted by Gasteiger charge is -2.28. The van der Waals surface area contributed by atoms with Crippen LogP contribution in [-0.4, -0.2) is 33.8 Å². The van der Waals surface area contributed by atoms with Crippen LogP contribution in [0, 0.1) is 0 Å². The third-order valence-corrected chi connectivity index (χ3v) is 6.07. The predicted octanol–water partition coefficient (Wildman–Crippen LogP) is 4.27. The van der Waals surface area contributed by atoms with E-state index < -0.39 is 0 Å². The number of methoxy groups -OCH3 is 1. The van der Waals surface area contributed by atoms with Gasteiger partial charge in [0.2, 0.25) is 0 Å². The van der Waals surface area contributed by atoms with E-state index in [4.69, 9.17) is 9.72 Å². The van der Waals surface area contributed by atoms with E-state index >= 15 is 0 Å². The van der Waals surface area contributed by atoms with E-state index in [1.807, 2.05) is 51.2 Å². The van der Waals surface area contributed by atoms with Crippen LogP contribution in [0.1, 0.15) is 21.6 Å². The van der Waals surface area contributed by atoms with E-state index in [1.54, 1.807) is 7.11 Å². The molecule has 140 valence electrons. The van der Waals surface area contributed by atoms with Crippen molar-refractivity contribution in [1.29, 1.82) is 0 Å². The minimum Gasteiger partial charge on any atom is -0.497 e. The maximum absolute atomic E-state index is 13.2. The van der Waals surface area contributed by atoms with Crippen LogP contribution in [0.15, 0.2) is 60.1 Å². The maximum Gasteiger partial charge on any atom is 0.272 e. The average Bonchev–Trinajstić information content (AvgIpc) is 3.34. The van der Waals surface area contributed by atoms with Crippen molar-refractivity contribution in [3.63, 3.8) is 0 Å². The zero-order chi connectivity index (χ0) is 19.1. The van der Waals surface area contributed by atoms with Crippen LogP contribution >= 0.6 is 11.3 Å². The molecule has 1 aliphatic rings. The molecule has 1 amide bonds. The first-order chi connectivity index (χ1) is 13.7. The molecule has 1 aliphatic heterocycles. The molecule has 4 aromatic rings. The highest BCUT2D eigenvalue weighted by Gasteiger charge is 2.24.